The number of rotatable bonds is 12. The van der Waals surface area contributed by atoms with Crippen LogP contribution in [0, 0.1) is 5.92 Å². The molecule has 29 heteroatoms. The van der Waals surface area contributed by atoms with Crippen LogP contribution in [0.4, 0.5) is 0 Å². The van der Waals surface area contributed by atoms with Crippen LogP contribution in [0.3, 0.4) is 0 Å². The van der Waals surface area contributed by atoms with Crippen molar-refractivity contribution in [1.82, 2.24) is 71.7 Å². The van der Waals surface area contributed by atoms with E-state index in [0.29, 0.717) is 78.1 Å². The largest absolute Gasteiger partial charge is 0.391 e. The molecule has 0 saturated carbocycles. The van der Waals surface area contributed by atoms with Gasteiger partial charge in [-0.1, -0.05) is 26.0 Å². The zero-order valence-electron chi connectivity index (χ0n) is 44.5. The van der Waals surface area contributed by atoms with Crippen LogP contribution in [0.2, 0.25) is 0 Å². The van der Waals surface area contributed by atoms with Gasteiger partial charge in [-0.2, -0.15) is 0 Å². The summed E-state index contributed by atoms with van der Waals surface area (Å²) in [7, 11) is 0. The number of ether oxygens (including phenoxy) is 1. The molecule has 424 valence electrons. The van der Waals surface area contributed by atoms with Crippen molar-refractivity contribution in [3.63, 3.8) is 0 Å². The van der Waals surface area contributed by atoms with Crippen molar-refractivity contribution in [3.05, 3.63) is 100 Å². The van der Waals surface area contributed by atoms with E-state index in [2.05, 4.69) is 56.7 Å². The van der Waals surface area contributed by atoms with Gasteiger partial charge in [0.05, 0.1) is 42.9 Å². The molecule has 23 nitrogen and oxygen atoms in total. The second kappa shape index (κ2) is 26.3. The van der Waals surface area contributed by atoms with Crippen molar-refractivity contribution in [1.29, 1.82) is 0 Å². The van der Waals surface area contributed by atoms with Crippen LogP contribution in [0.15, 0.2) is 62.3 Å². The number of hydrogen-bond donors (Lipinski definition) is 8. The normalized spacial score (nSPS) is 19.0. The fourth-order valence-electron chi connectivity index (χ4n) is 8.29. The van der Waals surface area contributed by atoms with E-state index in [0.717, 1.165) is 48.7 Å². The van der Waals surface area contributed by atoms with Crippen molar-refractivity contribution in [2.75, 3.05) is 39.4 Å². The maximum Gasteiger partial charge on any atom is 0.275 e. The number of morpholine rings is 1. The van der Waals surface area contributed by atoms with Gasteiger partial charge in [-0.05, 0) is 58.7 Å². The highest BCUT2D eigenvalue weighted by Crippen LogP contribution is 2.38. The second-order valence-corrected chi connectivity index (χ2v) is 24.1. The van der Waals surface area contributed by atoms with Crippen LogP contribution < -0.4 is 31.9 Å². The number of nitrogens with zero attached hydrogens (tertiary/aromatic N) is 8. The lowest BCUT2D eigenvalue weighted by molar-refractivity contribution is -0.124. The van der Waals surface area contributed by atoms with Crippen LogP contribution in [0.5, 0.6) is 0 Å². The molecule has 7 aromatic heterocycles. The summed E-state index contributed by atoms with van der Waals surface area (Å²) in [5.74, 6) is -3.75. The summed E-state index contributed by atoms with van der Waals surface area (Å²) in [5.41, 5.74) is 2.52. The topological polar surface area (TPSA) is 318 Å². The van der Waals surface area contributed by atoms with Gasteiger partial charge in [0, 0.05) is 57.5 Å². The third-order valence-corrected chi connectivity index (χ3v) is 18.0. The molecule has 0 spiro atoms. The lowest BCUT2D eigenvalue weighted by atomic mass is 10.1. The van der Waals surface area contributed by atoms with Crippen LogP contribution in [-0.2, 0) is 14.3 Å². The Morgan fingerprint density at radius 2 is 1.22 bits per heavy atom. The number of carbonyl (C=O) groups excluding carboxylic acids is 6. The summed E-state index contributed by atoms with van der Waals surface area (Å²) in [6, 6.07) is 0.414. The molecular formula is C52H56N14O9S6. The van der Waals surface area contributed by atoms with Gasteiger partial charge >= 0.3 is 0 Å². The molecule has 0 aliphatic carbocycles. The second-order valence-electron chi connectivity index (χ2n) is 18.9. The van der Waals surface area contributed by atoms with E-state index >= 15 is 0 Å². The number of allylic oxidation sites excluding steroid dienone is 2. The number of thiazole rings is 6. The fourth-order valence-corrected chi connectivity index (χ4v) is 13.5. The molecule has 81 heavy (non-hydrogen) atoms. The smallest absolute Gasteiger partial charge is 0.275 e. The van der Waals surface area contributed by atoms with E-state index in [4.69, 9.17) is 19.7 Å². The molecule has 5 atom stereocenters. The lowest BCUT2D eigenvalue weighted by Gasteiger charge is -2.26. The molecular weight excluding hydrogens is 1160 g/mol. The van der Waals surface area contributed by atoms with Gasteiger partial charge in [0.15, 0.2) is 0 Å². The monoisotopic (exact) mass is 1210 g/mol. The summed E-state index contributed by atoms with van der Waals surface area (Å²) in [4.78, 5) is 117. The van der Waals surface area contributed by atoms with Gasteiger partial charge in [-0.25, -0.2) is 34.9 Å². The summed E-state index contributed by atoms with van der Waals surface area (Å²) in [6.07, 6.45) is 1.38. The van der Waals surface area contributed by atoms with E-state index in [-0.39, 0.29) is 40.1 Å². The maximum absolute atomic E-state index is 13.9. The average molecular weight is 1210 g/mol. The van der Waals surface area contributed by atoms with Crippen molar-refractivity contribution in [2.45, 2.75) is 78.3 Å². The Balaban J connectivity index is 1.00. The number of aromatic nitrogens is 7. The molecule has 7 aromatic rings. The minimum absolute atomic E-state index is 0.0612. The number of pyridine rings is 1. The number of carbonyl (C=O) groups is 6. The van der Waals surface area contributed by atoms with E-state index in [1.807, 2.05) is 13.8 Å². The molecule has 8 bridgehead atoms. The predicted molar refractivity (Wildman–Crippen MR) is 311 cm³/mol. The first-order valence-electron chi connectivity index (χ1n) is 25.6. The van der Waals surface area contributed by atoms with Gasteiger partial charge in [0.2, 0.25) is 5.91 Å². The number of aliphatic hydroxyl groups is 2. The third-order valence-electron chi connectivity index (χ3n) is 12.7. The van der Waals surface area contributed by atoms with E-state index in [9.17, 15) is 39.0 Å². The first-order valence-corrected chi connectivity index (χ1v) is 30.8. The predicted octanol–water partition coefficient (Wildman–Crippen LogP) is 5.91. The highest BCUT2D eigenvalue weighted by atomic mass is 32.1. The quantitative estimate of drug-likeness (QED) is 0.0521. The van der Waals surface area contributed by atoms with E-state index < -0.39 is 65.8 Å². The minimum atomic E-state index is -1.44. The lowest BCUT2D eigenvalue weighted by Crippen LogP contribution is -2.52. The van der Waals surface area contributed by atoms with Crippen LogP contribution >= 0.6 is 68.0 Å². The van der Waals surface area contributed by atoms with Crippen LogP contribution in [-0.4, -0.2) is 143 Å². The van der Waals surface area contributed by atoms with Crippen molar-refractivity contribution in [3.8, 4) is 43.4 Å². The zero-order valence-corrected chi connectivity index (χ0v) is 49.4. The summed E-state index contributed by atoms with van der Waals surface area (Å²) >= 11 is 7.06. The Bertz CT molecular complexity index is 3510. The highest BCUT2D eigenvalue weighted by Gasteiger charge is 2.32. The van der Waals surface area contributed by atoms with Gasteiger partial charge in [-0.15, -0.1) is 68.0 Å². The molecule has 0 radical (unpaired) electrons. The standard InChI is InChI=1S/C52H56N14O9S6/c1-7-28(41(69)53-12-9-13-66-14-16-75-17-15-66)55-42(70)32-20-78-50(60-32)36-23-79-49(62-36)30-11-10-27-40(54-30)31-18-80-52(57-31)39(26(6)68)65-45(73)35-22-81-51(61-35)37(24(3)4)63-43(71)34-21-77-48(59-34)29(8-2)56-46(74)38(25(5)67)64-44(72)33-19-76-47(27)58-33/h7-8,10-11,18-26,37-39,67-68H,9,12-17H2,1-6H3,(H,53,69)(H,55,70)(H,56,74)(H,63,71)(H,64,72)(H,65,73)/b28-7-,29-8-/t25-,26-,37+,38+,39+/m1/s1. The van der Waals surface area contributed by atoms with Gasteiger partial charge in [-0.3, -0.25) is 33.7 Å². The van der Waals surface area contributed by atoms with Crippen LogP contribution in [0.1, 0.15) is 117 Å². The third kappa shape index (κ3) is 13.9. The molecule has 8 N–H and O–H groups in total. The molecule has 2 aliphatic rings. The Labute approximate surface area is 488 Å². The Morgan fingerprint density at radius 3 is 1.90 bits per heavy atom. The Kier molecular flexibility index (Phi) is 19.1. The molecule has 2 aliphatic heterocycles. The Morgan fingerprint density at radius 1 is 0.667 bits per heavy atom. The SMILES string of the molecule is C/C=C(\NC(=O)c1csc(-c2csc(-c3ccc4c(n3)-c3csc(n3)[C@H]([C@@H](C)O)NC(=O)c3csc(n3)[C@H](C(C)C)NC(=O)c3csc(n3)/C(=C/C)NC(=O)[C@H]([C@@H](C)O)NC(=O)c3csc-4n3)n2)n1)C(=O)NCCCN1CCOCC1. The zero-order chi connectivity index (χ0) is 57.5. The molecule has 0 aromatic carbocycles. The maximum atomic E-state index is 13.9. The first-order chi connectivity index (χ1) is 39.0. The van der Waals surface area contributed by atoms with E-state index in [1.54, 1.807) is 53.6 Å². The molecule has 1 fully saturated rings. The first kappa shape index (κ1) is 58.7. The minimum Gasteiger partial charge on any atom is -0.391 e. The number of amides is 6. The number of fused-ring (bicyclic) bond motifs is 11. The highest BCUT2D eigenvalue weighted by molar-refractivity contribution is 7.15. The molecule has 9 heterocycles. The number of nitrogens with one attached hydrogen (secondary N) is 6. The summed E-state index contributed by atoms with van der Waals surface area (Å²) in [5, 5.41) is 50.8. The molecule has 9 rings (SSSR count). The van der Waals surface area contributed by atoms with Gasteiger partial charge < -0.3 is 46.9 Å². The Hall–Kier alpha value is -6.93. The van der Waals surface area contributed by atoms with Gasteiger partial charge in [0.1, 0.15) is 87.7 Å². The molecule has 0 unspecified atom stereocenters. The number of aliphatic hydroxyl groups excluding tert-OH is 2. The average Bonchev–Trinajstić information content (AvgIpc) is 4.42. The van der Waals surface area contributed by atoms with E-state index in [1.165, 1.54) is 76.0 Å². The molecule has 1 saturated heterocycles. The fraction of sp³-hybridized carbons (Fsp3) is 0.365. The summed E-state index contributed by atoms with van der Waals surface area (Å²) < 4.78 is 5.40. The van der Waals surface area contributed by atoms with Gasteiger partial charge in [0.25, 0.3) is 29.5 Å². The summed E-state index contributed by atoms with van der Waals surface area (Å²) in [6.45, 7) is 14.4. The van der Waals surface area contributed by atoms with Crippen LogP contribution in [0.25, 0.3) is 49.1 Å². The van der Waals surface area contributed by atoms with Crippen molar-refractivity contribution in [2.24, 2.45) is 5.92 Å². The van der Waals surface area contributed by atoms with Crippen molar-refractivity contribution < 1.29 is 43.7 Å². The van der Waals surface area contributed by atoms with Crippen molar-refractivity contribution >= 4 is 109 Å². The number of hydrogen-bond acceptors (Lipinski definition) is 23. The molecule has 6 amide bonds.